The van der Waals surface area contributed by atoms with Crippen LogP contribution in [0.25, 0.3) is 0 Å². The van der Waals surface area contributed by atoms with Crippen molar-refractivity contribution in [2.24, 2.45) is 5.10 Å². The van der Waals surface area contributed by atoms with Crippen LogP contribution in [0.1, 0.15) is 16.7 Å². The van der Waals surface area contributed by atoms with Gasteiger partial charge in [-0.1, -0.05) is 83.9 Å². The molecule has 2 N–H and O–H groups in total. The first-order valence-corrected chi connectivity index (χ1v) is 10.1. The molecule has 1 amide bonds. The minimum Gasteiger partial charge on any atom is -0.506 e. The van der Waals surface area contributed by atoms with Crippen LogP contribution in [0.15, 0.2) is 77.9 Å². The SMILES string of the molecule is O=C(CN(Cc1ccccc1)Cc1ccccc1)NN=Cc1cc(Cl)cc(Cl)c1O. The smallest absolute Gasteiger partial charge is 0.254 e. The second-order valence-electron chi connectivity index (χ2n) is 6.73. The van der Waals surface area contributed by atoms with Gasteiger partial charge in [0.2, 0.25) is 0 Å². The maximum Gasteiger partial charge on any atom is 0.254 e. The van der Waals surface area contributed by atoms with E-state index in [4.69, 9.17) is 23.2 Å². The van der Waals surface area contributed by atoms with Crippen LogP contribution < -0.4 is 5.43 Å². The number of hydrogen-bond acceptors (Lipinski definition) is 4. The molecule has 0 bridgehead atoms. The fourth-order valence-corrected chi connectivity index (χ4v) is 3.46. The highest BCUT2D eigenvalue weighted by Gasteiger charge is 2.12. The fraction of sp³-hybridized carbons (Fsp3) is 0.130. The number of benzene rings is 3. The van der Waals surface area contributed by atoms with E-state index < -0.39 is 0 Å². The van der Waals surface area contributed by atoms with Crippen LogP contribution in [0.2, 0.25) is 10.0 Å². The van der Waals surface area contributed by atoms with Crippen LogP contribution in [0, 0.1) is 0 Å². The lowest BCUT2D eigenvalue weighted by Gasteiger charge is -2.21. The van der Waals surface area contributed by atoms with Gasteiger partial charge in [0.25, 0.3) is 5.91 Å². The number of aromatic hydroxyl groups is 1. The largest absolute Gasteiger partial charge is 0.506 e. The Kier molecular flexibility index (Phi) is 7.85. The maximum atomic E-state index is 12.5. The average molecular weight is 442 g/mol. The van der Waals surface area contributed by atoms with Crippen LogP contribution in [0.4, 0.5) is 0 Å². The molecule has 0 aliphatic carbocycles. The molecule has 0 spiro atoms. The Balaban J connectivity index is 1.65. The molecule has 3 aromatic rings. The lowest BCUT2D eigenvalue weighted by atomic mass is 10.1. The van der Waals surface area contributed by atoms with Gasteiger partial charge < -0.3 is 5.11 Å². The molecule has 154 valence electrons. The van der Waals surface area contributed by atoms with Crippen molar-refractivity contribution < 1.29 is 9.90 Å². The Morgan fingerprint density at radius 3 is 2.10 bits per heavy atom. The zero-order valence-electron chi connectivity index (χ0n) is 16.1. The lowest BCUT2D eigenvalue weighted by molar-refractivity contribution is -0.122. The first kappa shape index (κ1) is 21.8. The summed E-state index contributed by atoms with van der Waals surface area (Å²) in [5, 5.41) is 14.4. The number of halogens is 2. The number of hydrogen-bond donors (Lipinski definition) is 2. The van der Waals surface area contributed by atoms with Crippen molar-refractivity contribution in [2.45, 2.75) is 13.1 Å². The monoisotopic (exact) mass is 441 g/mol. The van der Waals surface area contributed by atoms with Crippen molar-refractivity contribution in [2.75, 3.05) is 6.54 Å². The number of amides is 1. The number of nitrogens with one attached hydrogen (secondary N) is 1. The summed E-state index contributed by atoms with van der Waals surface area (Å²) in [7, 11) is 0. The van der Waals surface area contributed by atoms with Crippen molar-refractivity contribution >= 4 is 35.3 Å². The van der Waals surface area contributed by atoms with E-state index in [1.165, 1.54) is 18.3 Å². The minimum absolute atomic E-state index is 0.118. The molecule has 3 rings (SSSR count). The number of phenols is 1. The second kappa shape index (κ2) is 10.8. The van der Waals surface area contributed by atoms with Crippen molar-refractivity contribution in [3.8, 4) is 5.75 Å². The average Bonchev–Trinajstić information content (AvgIpc) is 2.73. The van der Waals surface area contributed by atoms with E-state index in [1.807, 2.05) is 65.6 Å². The first-order chi connectivity index (χ1) is 14.5. The number of carbonyl (C=O) groups excluding carboxylic acids is 1. The Morgan fingerprint density at radius 1 is 0.967 bits per heavy atom. The first-order valence-electron chi connectivity index (χ1n) is 9.31. The Labute approximate surface area is 185 Å². The summed E-state index contributed by atoms with van der Waals surface area (Å²) in [4.78, 5) is 14.5. The topological polar surface area (TPSA) is 64.9 Å². The summed E-state index contributed by atoms with van der Waals surface area (Å²) in [5.41, 5.74) is 5.04. The molecule has 0 aliphatic heterocycles. The Bertz CT molecular complexity index is 970. The van der Waals surface area contributed by atoms with Gasteiger partial charge in [-0.05, 0) is 23.3 Å². The number of carbonyl (C=O) groups is 1. The third-order valence-corrected chi connectivity index (χ3v) is 4.82. The molecule has 0 aliphatic rings. The molecule has 7 heteroatoms. The van der Waals surface area contributed by atoms with Crippen LogP contribution in [-0.4, -0.2) is 28.7 Å². The van der Waals surface area contributed by atoms with Crippen molar-refractivity contribution in [3.63, 3.8) is 0 Å². The quantitative estimate of drug-likeness (QED) is 0.387. The summed E-state index contributed by atoms with van der Waals surface area (Å²) >= 11 is 11.8. The molecule has 0 unspecified atom stereocenters. The molecule has 30 heavy (non-hydrogen) atoms. The molecule has 3 aromatic carbocycles. The predicted molar refractivity (Wildman–Crippen MR) is 121 cm³/mol. The lowest BCUT2D eigenvalue weighted by Crippen LogP contribution is -2.34. The van der Waals surface area contributed by atoms with Gasteiger partial charge in [-0.15, -0.1) is 0 Å². The van der Waals surface area contributed by atoms with E-state index >= 15 is 0 Å². The molecule has 0 heterocycles. The second-order valence-corrected chi connectivity index (χ2v) is 7.58. The number of rotatable bonds is 8. The van der Waals surface area contributed by atoms with Crippen LogP contribution in [-0.2, 0) is 17.9 Å². The van der Waals surface area contributed by atoms with E-state index in [0.29, 0.717) is 23.7 Å². The summed E-state index contributed by atoms with van der Waals surface area (Å²) < 4.78 is 0. The normalized spacial score (nSPS) is 11.2. The molecule has 0 aromatic heterocycles. The summed E-state index contributed by atoms with van der Waals surface area (Å²) in [6.07, 6.45) is 1.31. The molecular formula is C23H21Cl2N3O2. The third kappa shape index (κ3) is 6.59. The molecular weight excluding hydrogens is 421 g/mol. The molecule has 0 radical (unpaired) electrons. The molecule has 0 fully saturated rings. The Morgan fingerprint density at radius 2 is 1.53 bits per heavy atom. The van der Waals surface area contributed by atoms with E-state index in [9.17, 15) is 9.90 Å². The predicted octanol–water partition coefficient (Wildman–Crippen LogP) is 4.85. The van der Waals surface area contributed by atoms with Gasteiger partial charge in [-0.25, -0.2) is 5.43 Å². The third-order valence-electron chi connectivity index (χ3n) is 4.32. The fourth-order valence-electron chi connectivity index (χ4n) is 2.95. The van der Waals surface area contributed by atoms with Crippen LogP contribution in [0.3, 0.4) is 0 Å². The summed E-state index contributed by atoms with van der Waals surface area (Å²) in [6, 6.07) is 22.9. The highest BCUT2D eigenvalue weighted by Crippen LogP contribution is 2.29. The van der Waals surface area contributed by atoms with Crippen LogP contribution in [0.5, 0.6) is 5.75 Å². The van der Waals surface area contributed by atoms with E-state index in [2.05, 4.69) is 10.5 Å². The number of hydrazone groups is 1. The zero-order chi connectivity index (χ0) is 21.3. The zero-order valence-corrected chi connectivity index (χ0v) is 17.6. The Hall–Kier alpha value is -2.86. The van der Waals surface area contributed by atoms with Crippen molar-refractivity contribution in [1.29, 1.82) is 0 Å². The summed E-state index contributed by atoms with van der Waals surface area (Å²) in [5.74, 6) is -0.417. The van der Waals surface area contributed by atoms with Gasteiger partial charge >= 0.3 is 0 Å². The van der Waals surface area contributed by atoms with E-state index in [0.717, 1.165) is 11.1 Å². The van der Waals surface area contributed by atoms with Crippen molar-refractivity contribution in [3.05, 3.63) is 99.5 Å². The van der Waals surface area contributed by atoms with Gasteiger partial charge in [0.15, 0.2) is 0 Å². The van der Waals surface area contributed by atoms with Crippen LogP contribution >= 0.6 is 23.2 Å². The minimum atomic E-state index is -0.272. The molecule has 5 nitrogen and oxygen atoms in total. The highest BCUT2D eigenvalue weighted by atomic mass is 35.5. The number of phenolic OH excluding ortho intramolecular Hbond substituents is 1. The maximum absolute atomic E-state index is 12.5. The van der Waals surface area contributed by atoms with Gasteiger partial charge in [0, 0.05) is 23.7 Å². The van der Waals surface area contributed by atoms with E-state index in [-0.39, 0.29) is 23.2 Å². The summed E-state index contributed by atoms with van der Waals surface area (Å²) in [6.45, 7) is 1.40. The molecule has 0 saturated heterocycles. The standard InChI is InChI=1S/C23H21Cl2N3O2/c24-20-11-19(23(30)21(25)12-20)13-26-27-22(29)16-28(14-17-7-3-1-4-8-17)15-18-9-5-2-6-10-18/h1-13,30H,14-16H2,(H,27,29). The van der Waals surface area contributed by atoms with Gasteiger partial charge in [0.05, 0.1) is 17.8 Å². The number of nitrogens with zero attached hydrogens (tertiary/aromatic N) is 2. The highest BCUT2D eigenvalue weighted by molar-refractivity contribution is 6.36. The van der Waals surface area contributed by atoms with Gasteiger partial charge in [0.1, 0.15) is 5.75 Å². The van der Waals surface area contributed by atoms with Crippen molar-refractivity contribution in [1.82, 2.24) is 10.3 Å². The van der Waals surface area contributed by atoms with E-state index in [1.54, 1.807) is 0 Å². The van der Waals surface area contributed by atoms with Gasteiger partial charge in [-0.2, -0.15) is 5.10 Å². The molecule has 0 saturated carbocycles. The van der Waals surface area contributed by atoms with Gasteiger partial charge in [-0.3, -0.25) is 9.69 Å². The molecule has 0 atom stereocenters.